The molecule has 1 heterocycles. The van der Waals surface area contributed by atoms with Gasteiger partial charge in [0.1, 0.15) is 12.1 Å². The molecule has 1 aromatic carbocycles. The maximum absolute atomic E-state index is 11.6. The third-order valence-corrected chi connectivity index (χ3v) is 3.23. The number of hydrogen-bond acceptors (Lipinski definition) is 2. The predicted octanol–water partition coefficient (Wildman–Crippen LogP) is 1.25. The van der Waals surface area contributed by atoms with Crippen LogP contribution in [0, 0.1) is 11.8 Å². The van der Waals surface area contributed by atoms with Crippen molar-refractivity contribution in [3.05, 3.63) is 35.9 Å². The van der Waals surface area contributed by atoms with Crippen molar-refractivity contribution in [1.29, 1.82) is 0 Å². The van der Waals surface area contributed by atoms with Crippen molar-refractivity contribution in [1.82, 2.24) is 10.2 Å². The highest BCUT2D eigenvalue weighted by molar-refractivity contribution is 5.90. The van der Waals surface area contributed by atoms with E-state index < -0.39 is 0 Å². The van der Waals surface area contributed by atoms with E-state index in [0.717, 1.165) is 18.7 Å². The molecular weight excluding hydrogens is 224 g/mol. The Morgan fingerprint density at radius 2 is 1.89 bits per heavy atom. The summed E-state index contributed by atoms with van der Waals surface area (Å²) in [6.07, 6.45) is 0. The fraction of sp³-hybridized carbons (Fsp3) is 0.400. The van der Waals surface area contributed by atoms with Gasteiger partial charge in [0.2, 0.25) is 5.91 Å². The number of nitrogens with zero attached hydrogens (tertiary/aromatic N) is 1. The summed E-state index contributed by atoms with van der Waals surface area (Å²) in [5.74, 6) is 6.34. The molecule has 0 radical (unpaired) electrons. The number of nitrogens with one attached hydrogen (secondary N) is 1. The number of amides is 1. The van der Waals surface area contributed by atoms with Crippen LogP contribution in [-0.2, 0) is 4.79 Å². The first-order chi connectivity index (χ1) is 8.76. The van der Waals surface area contributed by atoms with E-state index >= 15 is 0 Å². The first-order valence-electron chi connectivity index (χ1n) is 6.37. The fourth-order valence-electron chi connectivity index (χ4n) is 2.16. The van der Waals surface area contributed by atoms with Gasteiger partial charge in [-0.25, -0.2) is 0 Å². The molecule has 1 aliphatic heterocycles. The predicted molar refractivity (Wildman–Crippen MR) is 72.0 cm³/mol. The van der Waals surface area contributed by atoms with Crippen LogP contribution < -0.4 is 5.32 Å². The maximum atomic E-state index is 11.6. The summed E-state index contributed by atoms with van der Waals surface area (Å²) in [6, 6.07) is 9.71. The third kappa shape index (κ3) is 2.55. The molecule has 0 saturated carbocycles. The lowest BCUT2D eigenvalue weighted by atomic mass is 9.97. The van der Waals surface area contributed by atoms with Gasteiger partial charge in [-0.15, -0.1) is 0 Å². The van der Waals surface area contributed by atoms with Crippen molar-refractivity contribution >= 4 is 5.91 Å². The molecule has 0 aliphatic carbocycles. The molecule has 1 saturated heterocycles. The highest BCUT2D eigenvalue weighted by atomic mass is 16.2. The Bertz CT molecular complexity index is 468. The van der Waals surface area contributed by atoms with E-state index in [4.69, 9.17) is 0 Å². The molecule has 0 spiro atoms. The van der Waals surface area contributed by atoms with Gasteiger partial charge in [-0.2, -0.15) is 0 Å². The number of likely N-dealkylation sites (N-methyl/N-ethyl adjacent to an activating group) is 1. The number of rotatable bonds is 3. The first kappa shape index (κ1) is 12.7. The van der Waals surface area contributed by atoms with Crippen molar-refractivity contribution < 1.29 is 4.79 Å². The van der Waals surface area contributed by atoms with Gasteiger partial charge >= 0.3 is 0 Å². The quantitative estimate of drug-likeness (QED) is 0.639. The Morgan fingerprint density at radius 3 is 2.44 bits per heavy atom. The minimum absolute atomic E-state index is 0.0439. The van der Waals surface area contributed by atoms with E-state index in [0.29, 0.717) is 0 Å². The van der Waals surface area contributed by atoms with Crippen LogP contribution >= 0.6 is 0 Å². The molecule has 0 aromatic heterocycles. The van der Waals surface area contributed by atoms with Gasteiger partial charge in [0.05, 0.1) is 0 Å². The zero-order chi connectivity index (χ0) is 13.0. The van der Waals surface area contributed by atoms with Gasteiger partial charge in [0.25, 0.3) is 0 Å². The largest absolute Gasteiger partial charge is 0.339 e. The Morgan fingerprint density at radius 1 is 1.22 bits per heavy atom. The zero-order valence-electron chi connectivity index (χ0n) is 10.8. The summed E-state index contributed by atoms with van der Waals surface area (Å²) in [5, 5.41) is 2.86. The Hall–Kier alpha value is -1.79. The maximum Gasteiger partial charge on any atom is 0.241 e. The van der Waals surface area contributed by atoms with E-state index in [9.17, 15) is 4.79 Å². The smallest absolute Gasteiger partial charge is 0.241 e. The second-order valence-corrected chi connectivity index (χ2v) is 4.29. The second kappa shape index (κ2) is 5.70. The lowest BCUT2D eigenvalue weighted by Crippen LogP contribution is -2.68. The molecule has 1 aliphatic rings. The van der Waals surface area contributed by atoms with Crippen LogP contribution in [0.2, 0.25) is 0 Å². The normalized spacial score (nSPS) is 21.8. The average molecular weight is 242 g/mol. The second-order valence-electron chi connectivity index (χ2n) is 4.29. The molecule has 94 valence electrons. The van der Waals surface area contributed by atoms with E-state index in [1.54, 1.807) is 0 Å². The molecule has 1 amide bonds. The van der Waals surface area contributed by atoms with Gasteiger partial charge < -0.3 is 5.32 Å². The molecule has 18 heavy (non-hydrogen) atoms. The van der Waals surface area contributed by atoms with Crippen LogP contribution in [0.25, 0.3) is 0 Å². The Labute approximate surface area is 108 Å². The molecule has 1 aromatic rings. The summed E-state index contributed by atoms with van der Waals surface area (Å²) >= 11 is 0. The summed E-state index contributed by atoms with van der Waals surface area (Å²) in [6.45, 7) is 5.88. The van der Waals surface area contributed by atoms with Crippen molar-refractivity contribution in [2.24, 2.45) is 0 Å². The Kier molecular flexibility index (Phi) is 4.01. The standard InChI is InChI=1S/C15H18N2O/c1-3-17(4-2)14-13(16-15(14)18)11-10-12-8-6-5-7-9-12/h5-9,13-14H,3-4H2,1-2H3,(H,16,18)/t13-,14+/m1/s1. The van der Waals surface area contributed by atoms with Crippen LogP contribution in [0.3, 0.4) is 0 Å². The van der Waals surface area contributed by atoms with Gasteiger partial charge in [0.15, 0.2) is 0 Å². The molecule has 0 bridgehead atoms. The Balaban J connectivity index is 2.07. The molecule has 1 fully saturated rings. The monoisotopic (exact) mass is 242 g/mol. The fourth-order valence-corrected chi connectivity index (χ4v) is 2.16. The minimum Gasteiger partial charge on any atom is -0.339 e. The molecule has 1 N–H and O–H groups in total. The number of benzene rings is 1. The average Bonchev–Trinajstić information content (AvgIpc) is 2.41. The van der Waals surface area contributed by atoms with Gasteiger partial charge in [-0.1, -0.05) is 43.9 Å². The van der Waals surface area contributed by atoms with Gasteiger partial charge in [-0.3, -0.25) is 9.69 Å². The van der Waals surface area contributed by atoms with Crippen LogP contribution in [0.4, 0.5) is 0 Å². The van der Waals surface area contributed by atoms with Gasteiger partial charge in [0, 0.05) is 5.56 Å². The molecule has 2 rings (SSSR count). The van der Waals surface area contributed by atoms with E-state index in [-0.39, 0.29) is 18.0 Å². The van der Waals surface area contributed by atoms with Crippen molar-refractivity contribution in [2.75, 3.05) is 13.1 Å². The number of carbonyl (C=O) groups is 1. The summed E-state index contributed by atoms with van der Waals surface area (Å²) in [4.78, 5) is 13.7. The van der Waals surface area contributed by atoms with Crippen molar-refractivity contribution in [3.8, 4) is 11.8 Å². The van der Waals surface area contributed by atoms with Crippen molar-refractivity contribution in [3.63, 3.8) is 0 Å². The number of hydrogen-bond donors (Lipinski definition) is 1. The summed E-state index contributed by atoms with van der Waals surface area (Å²) in [5.41, 5.74) is 0.983. The molecule has 2 atom stereocenters. The van der Waals surface area contributed by atoms with Crippen LogP contribution in [0.5, 0.6) is 0 Å². The molecule has 3 heteroatoms. The molecule has 0 unspecified atom stereocenters. The molecular formula is C15H18N2O. The number of carbonyl (C=O) groups excluding carboxylic acids is 1. The molecule has 3 nitrogen and oxygen atoms in total. The highest BCUT2D eigenvalue weighted by Gasteiger charge is 2.41. The first-order valence-corrected chi connectivity index (χ1v) is 6.37. The summed E-state index contributed by atoms with van der Waals surface area (Å²) in [7, 11) is 0. The van der Waals surface area contributed by atoms with Gasteiger partial charge in [-0.05, 0) is 25.2 Å². The zero-order valence-corrected chi connectivity index (χ0v) is 10.8. The van der Waals surface area contributed by atoms with E-state index in [1.807, 2.05) is 30.3 Å². The van der Waals surface area contributed by atoms with E-state index in [1.165, 1.54) is 0 Å². The highest BCUT2D eigenvalue weighted by Crippen LogP contribution is 2.13. The van der Waals surface area contributed by atoms with E-state index in [2.05, 4.69) is 35.9 Å². The third-order valence-electron chi connectivity index (χ3n) is 3.23. The SMILES string of the molecule is CCN(CC)[C@@H]1C(=O)N[C@@H]1C#Cc1ccccc1. The van der Waals surface area contributed by atoms with Crippen LogP contribution in [0.15, 0.2) is 30.3 Å². The van der Waals surface area contributed by atoms with Crippen LogP contribution in [-0.4, -0.2) is 36.0 Å². The van der Waals surface area contributed by atoms with Crippen LogP contribution in [0.1, 0.15) is 19.4 Å². The number of β-lactam (4-membered cyclic amide) rings is 1. The minimum atomic E-state index is -0.0868. The summed E-state index contributed by atoms with van der Waals surface area (Å²) < 4.78 is 0. The van der Waals surface area contributed by atoms with Crippen molar-refractivity contribution in [2.45, 2.75) is 25.9 Å². The lowest BCUT2D eigenvalue weighted by Gasteiger charge is -2.40. The lowest BCUT2D eigenvalue weighted by molar-refractivity contribution is -0.135. The topological polar surface area (TPSA) is 32.3 Å².